The lowest BCUT2D eigenvalue weighted by Gasteiger charge is -1.90. The molecule has 0 N–H and O–H groups in total. The molecule has 1 saturated carbocycles. The van der Waals surface area contributed by atoms with Gasteiger partial charge in [0.2, 0.25) is 0 Å². The van der Waals surface area contributed by atoms with Crippen LogP contribution in [0.1, 0.15) is 23.6 Å². The van der Waals surface area contributed by atoms with Gasteiger partial charge < -0.3 is 0 Å². The summed E-state index contributed by atoms with van der Waals surface area (Å²) in [6.45, 7) is 0. The third kappa shape index (κ3) is 2.14. The number of nitrogens with zero attached hydrogens (tertiary/aromatic N) is 1. The molecule has 1 aliphatic carbocycles. The molecule has 5 nitrogen and oxygen atoms in total. The molecule has 8 heteroatoms. The lowest BCUT2D eigenvalue weighted by molar-refractivity contribution is -0.385. The smallest absolute Gasteiger partial charge is 0.258 e. The Labute approximate surface area is 94.2 Å². The van der Waals surface area contributed by atoms with E-state index in [9.17, 15) is 18.5 Å². The highest BCUT2D eigenvalue weighted by Gasteiger charge is 2.35. The monoisotopic (exact) mass is 267 g/mol. The summed E-state index contributed by atoms with van der Waals surface area (Å²) in [5.41, 5.74) is -0.123. The van der Waals surface area contributed by atoms with Crippen LogP contribution < -0.4 is 0 Å². The second-order valence-corrected chi connectivity index (χ2v) is 7.16. The normalized spacial score (nSPS) is 16.6. The largest absolute Gasteiger partial charge is 0.284 e. The van der Waals surface area contributed by atoms with Crippen molar-refractivity contribution in [2.24, 2.45) is 0 Å². The maximum Gasteiger partial charge on any atom is 0.284 e. The van der Waals surface area contributed by atoms with Crippen LogP contribution in [0.3, 0.4) is 0 Å². The van der Waals surface area contributed by atoms with Crippen LogP contribution in [0.15, 0.2) is 10.3 Å². The topological polar surface area (TPSA) is 77.3 Å². The third-order valence-corrected chi connectivity index (χ3v) is 5.46. The molecule has 0 aromatic carbocycles. The second kappa shape index (κ2) is 3.43. The first-order valence-corrected chi connectivity index (χ1v) is 7.25. The number of rotatable bonds is 3. The molecule has 1 heterocycles. The fourth-order valence-electron chi connectivity index (χ4n) is 1.27. The van der Waals surface area contributed by atoms with Gasteiger partial charge in [-0.3, -0.25) is 10.1 Å². The Bertz CT molecular complexity index is 517. The summed E-state index contributed by atoms with van der Waals surface area (Å²) < 4.78 is 21.9. The van der Waals surface area contributed by atoms with Gasteiger partial charge in [0, 0.05) is 22.7 Å². The molecule has 82 valence electrons. The van der Waals surface area contributed by atoms with Crippen LogP contribution in [0.2, 0.25) is 0 Å². The second-order valence-electron chi connectivity index (χ2n) is 3.28. The van der Waals surface area contributed by atoms with Gasteiger partial charge in [-0.1, -0.05) is 0 Å². The van der Waals surface area contributed by atoms with Crippen molar-refractivity contribution >= 4 is 36.8 Å². The zero-order chi connectivity index (χ0) is 11.2. The van der Waals surface area contributed by atoms with Crippen molar-refractivity contribution < 1.29 is 13.3 Å². The number of thiophene rings is 1. The molecule has 1 aromatic rings. The minimum Gasteiger partial charge on any atom is -0.258 e. The van der Waals surface area contributed by atoms with E-state index in [0.717, 1.165) is 30.2 Å². The average Bonchev–Trinajstić information content (AvgIpc) is 2.81. The molecule has 0 atom stereocenters. The van der Waals surface area contributed by atoms with Crippen molar-refractivity contribution in [2.75, 3.05) is 0 Å². The van der Waals surface area contributed by atoms with Gasteiger partial charge in [0.25, 0.3) is 14.7 Å². The highest BCUT2D eigenvalue weighted by atomic mass is 35.7. The third-order valence-electron chi connectivity index (χ3n) is 2.10. The highest BCUT2D eigenvalue weighted by molar-refractivity contribution is 8.15. The summed E-state index contributed by atoms with van der Waals surface area (Å²) in [6, 6.07) is 1.04. The molecule has 0 spiro atoms. The molecule has 0 aliphatic heterocycles. The Hall–Kier alpha value is -0.660. The summed E-state index contributed by atoms with van der Waals surface area (Å²) in [6.07, 6.45) is 1.76. The predicted octanol–water partition coefficient (Wildman–Crippen LogP) is 2.46. The molecule has 15 heavy (non-hydrogen) atoms. The van der Waals surface area contributed by atoms with Crippen molar-refractivity contribution in [1.82, 2.24) is 0 Å². The molecule has 1 aromatic heterocycles. The lowest BCUT2D eigenvalue weighted by Crippen LogP contribution is -1.88. The average molecular weight is 268 g/mol. The van der Waals surface area contributed by atoms with Crippen molar-refractivity contribution in [1.29, 1.82) is 0 Å². The van der Waals surface area contributed by atoms with Crippen LogP contribution in [0.4, 0.5) is 5.69 Å². The van der Waals surface area contributed by atoms with E-state index in [1.807, 2.05) is 0 Å². The Morgan fingerprint density at radius 2 is 2.13 bits per heavy atom. The molecule has 1 fully saturated rings. The number of hydrogen-bond acceptors (Lipinski definition) is 5. The first-order chi connectivity index (χ1) is 6.89. The van der Waals surface area contributed by atoms with Gasteiger partial charge in [-0.05, 0) is 12.8 Å². The zero-order valence-corrected chi connectivity index (χ0v) is 9.73. The summed E-state index contributed by atoms with van der Waals surface area (Å²) in [7, 11) is 1.28. The number of hydrogen-bond donors (Lipinski definition) is 0. The van der Waals surface area contributed by atoms with Crippen molar-refractivity contribution in [3.8, 4) is 0 Å². The number of halogens is 1. The molecule has 2 rings (SSSR count). The lowest BCUT2D eigenvalue weighted by atomic mass is 10.3. The van der Waals surface area contributed by atoms with E-state index in [-0.39, 0.29) is 15.8 Å². The van der Waals surface area contributed by atoms with Gasteiger partial charge in [0.15, 0.2) is 0 Å². The van der Waals surface area contributed by atoms with Gasteiger partial charge in [-0.2, -0.15) is 0 Å². The van der Waals surface area contributed by atoms with Gasteiger partial charge in [0.1, 0.15) is 4.21 Å². The van der Waals surface area contributed by atoms with Crippen LogP contribution in [-0.2, 0) is 9.05 Å². The van der Waals surface area contributed by atoms with Crippen LogP contribution in [0, 0.1) is 10.1 Å². The Kier molecular flexibility index (Phi) is 2.48. The van der Waals surface area contributed by atoms with Crippen LogP contribution in [0.25, 0.3) is 0 Å². The quantitative estimate of drug-likeness (QED) is 0.479. The summed E-state index contributed by atoms with van der Waals surface area (Å²) in [5.74, 6) is 0.141. The zero-order valence-electron chi connectivity index (χ0n) is 7.34. The molecule has 0 radical (unpaired) electrons. The maximum absolute atomic E-state index is 11.0. The molecule has 0 saturated heterocycles. The van der Waals surface area contributed by atoms with Crippen LogP contribution in [-0.4, -0.2) is 13.3 Å². The first-order valence-electron chi connectivity index (χ1n) is 4.12. The Morgan fingerprint density at radius 3 is 2.53 bits per heavy atom. The van der Waals surface area contributed by atoms with Crippen molar-refractivity contribution in [2.45, 2.75) is 23.0 Å². The van der Waals surface area contributed by atoms with Crippen molar-refractivity contribution in [3.63, 3.8) is 0 Å². The molecule has 0 amide bonds. The van der Waals surface area contributed by atoms with Gasteiger partial charge in [0.05, 0.1) is 9.80 Å². The Balaban J connectivity index is 2.54. The fourth-order valence-corrected chi connectivity index (χ4v) is 3.64. The standard InChI is InChI=1S/C7H6ClNO4S2/c8-15(12,13)6-3-5(9(10)11)7(14-6)4-1-2-4/h3-4H,1-2H2. The number of nitro groups is 1. The Morgan fingerprint density at radius 1 is 1.53 bits per heavy atom. The van der Waals surface area contributed by atoms with E-state index in [1.165, 1.54) is 0 Å². The molecule has 0 bridgehead atoms. The van der Waals surface area contributed by atoms with Gasteiger partial charge in [-0.15, -0.1) is 11.3 Å². The van der Waals surface area contributed by atoms with E-state index < -0.39 is 14.0 Å². The van der Waals surface area contributed by atoms with E-state index in [4.69, 9.17) is 10.7 Å². The minimum absolute atomic E-state index is 0.123. The molecule has 1 aliphatic rings. The molecule has 0 unspecified atom stereocenters. The van der Waals surface area contributed by atoms with Crippen LogP contribution >= 0.6 is 22.0 Å². The van der Waals surface area contributed by atoms with Gasteiger partial charge in [-0.25, -0.2) is 8.42 Å². The molecular weight excluding hydrogens is 262 g/mol. The van der Waals surface area contributed by atoms with E-state index in [1.54, 1.807) is 0 Å². The van der Waals surface area contributed by atoms with Crippen LogP contribution in [0.5, 0.6) is 0 Å². The summed E-state index contributed by atoms with van der Waals surface area (Å²) >= 11 is 0.904. The summed E-state index contributed by atoms with van der Waals surface area (Å²) in [4.78, 5) is 10.6. The molecular formula is C7H6ClNO4S2. The summed E-state index contributed by atoms with van der Waals surface area (Å²) in [5, 5.41) is 10.7. The first kappa shape index (κ1) is 10.8. The van der Waals surface area contributed by atoms with E-state index in [0.29, 0.717) is 4.88 Å². The maximum atomic E-state index is 11.0. The minimum atomic E-state index is -3.86. The highest BCUT2D eigenvalue weighted by Crippen LogP contribution is 2.49. The predicted molar refractivity (Wildman–Crippen MR) is 56.0 cm³/mol. The van der Waals surface area contributed by atoms with Gasteiger partial charge >= 0.3 is 0 Å². The van der Waals surface area contributed by atoms with Crippen molar-refractivity contribution in [3.05, 3.63) is 21.1 Å². The SMILES string of the molecule is O=[N+]([O-])c1cc(S(=O)(=O)Cl)sc1C1CC1. The van der Waals surface area contributed by atoms with E-state index >= 15 is 0 Å². The fraction of sp³-hybridized carbons (Fsp3) is 0.429. The van der Waals surface area contributed by atoms with E-state index in [2.05, 4.69) is 0 Å².